The molecule has 0 fully saturated rings. The fourth-order valence-corrected chi connectivity index (χ4v) is 2.17. The quantitative estimate of drug-likeness (QED) is 0.379. The van der Waals surface area contributed by atoms with Gasteiger partial charge in [0.15, 0.2) is 0 Å². The highest BCUT2D eigenvalue weighted by atomic mass is 16.6. The van der Waals surface area contributed by atoms with Crippen LogP contribution >= 0.6 is 0 Å². The van der Waals surface area contributed by atoms with Gasteiger partial charge in [-0.05, 0) is 30.7 Å². The number of nitro groups is 1. The molecular formula is C19H17N3O6. The van der Waals surface area contributed by atoms with Crippen molar-refractivity contribution in [3.63, 3.8) is 0 Å². The Morgan fingerprint density at radius 3 is 2.39 bits per heavy atom. The van der Waals surface area contributed by atoms with Crippen molar-refractivity contribution in [2.24, 2.45) is 0 Å². The summed E-state index contributed by atoms with van der Waals surface area (Å²) in [4.78, 5) is 46.2. The number of hydrogen-bond donors (Lipinski definition) is 3. The largest absolute Gasteiger partial charge is 0.480 e. The van der Waals surface area contributed by atoms with Crippen LogP contribution in [0.4, 0.5) is 5.69 Å². The number of nitrogens with one attached hydrogen (secondary N) is 2. The summed E-state index contributed by atoms with van der Waals surface area (Å²) in [6, 6.07) is 12.3. The van der Waals surface area contributed by atoms with Gasteiger partial charge in [0.1, 0.15) is 11.7 Å². The minimum atomic E-state index is -1.25. The number of carbonyl (C=O) groups is 3. The van der Waals surface area contributed by atoms with Gasteiger partial charge in [0.2, 0.25) is 0 Å². The molecule has 2 rings (SSSR count). The summed E-state index contributed by atoms with van der Waals surface area (Å²) >= 11 is 0. The van der Waals surface area contributed by atoms with Crippen molar-refractivity contribution in [3.8, 4) is 0 Å². The van der Waals surface area contributed by atoms with Crippen LogP contribution in [0, 0.1) is 10.1 Å². The molecule has 0 spiro atoms. The number of non-ortho nitro benzene ring substituents is 1. The van der Waals surface area contributed by atoms with E-state index in [1.54, 1.807) is 18.2 Å². The second kappa shape index (κ2) is 9.08. The molecule has 3 N–H and O–H groups in total. The highest BCUT2D eigenvalue weighted by molar-refractivity contribution is 6.06. The van der Waals surface area contributed by atoms with Gasteiger partial charge in [-0.1, -0.05) is 30.3 Å². The third-order valence-corrected chi connectivity index (χ3v) is 3.64. The Morgan fingerprint density at radius 1 is 1.11 bits per heavy atom. The standard InChI is InChI=1S/C19H17N3O6/c1-12(19(25)26)20-18(24)16(21-17(23)14-7-3-2-4-8-14)11-13-6-5-9-15(10-13)22(27)28/h2-12H,1H3,(H,20,24)(H,21,23)(H,25,26)/b16-11-. The fourth-order valence-electron chi connectivity index (χ4n) is 2.17. The first-order valence-electron chi connectivity index (χ1n) is 8.14. The molecule has 0 aromatic heterocycles. The Hall–Kier alpha value is -4.01. The first-order valence-corrected chi connectivity index (χ1v) is 8.14. The van der Waals surface area contributed by atoms with E-state index in [1.807, 2.05) is 0 Å². The Labute approximate surface area is 159 Å². The predicted octanol–water partition coefficient (Wildman–Crippen LogP) is 1.96. The van der Waals surface area contributed by atoms with E-state index in [2.05, 4.69) is 10.6 Å². The molecule has 28 heavy (non-hydrogen) atoms. The lowest BCUT2D eigenvalue weighted by atomic mass is 10.1. The van der Waals surface area contributed by atoms with Crippen molar-refractivity contribution >= 4 is 29.5 Å². The molecule has 0 aliphatic rings. The van der Waals surface area contributed by atoms with Gasteiger partial charge in [-0.15, -0.1) is 0 Å². The maximum absolute atomic E-state index is 12.5. The number of rotatable bonds is 7. The number of carboxylic acid groups (broad SMARTS) is 1. The summed E-state index contributed by atoms with van der Waals surface area (Å²) in [5.41, 5.74) is 0.131. The highest BCUT2D eigenvalue weighted by Gasteiger charge is 2.20. The first kappa shape index (κ1) is 20.3. The van der Waals surface area contributed by atoms with Crippen LogP contribution in [0.5, 0.6) is 0 Å². The van der Waals surface area contributed by atoms with Gasteiger partial charge in [0, 0.05) is 17.7 Å². The van der Waals surface area contributed by atoms with Crippen LogP contribution < -0.4 is 10.6 Å². The SMILES string of the molecule is CC(NC(=O)/C(=C/c1cccc([N+](=O)[O-])c1)NC(=O)c1ccccc1)C(=O)O. The maximum atomic E-state index is 12.5. The Morgan fingerprint density at radius 2 is 1.79 bits per heavy atom. The third-order valence-electron chi connectivity index (χ3n) is 3.64. The van der Waals surface area contributed by atoms with Gasteiger partial charge in [-0.25, -0.2) is 0 Å². The molecule has 0 heterocycles. The van der Waals surface area contributed by atoms with Gasteiger partial charge < -0.3 is 15.7 Å². The van der Waals surface area contributed by atoms with Crippen LogP contribution in [-0.4, -0.2) is 33.9 Å². The smallest absolute Gasteiger partial charge is 0.325 e. The van der Waals surface area contributed by atoms with E-state index < -0.39 is 28.7 Å². The summed E-state index contributed by atoms with van der Waals surface area (Å²) in [6.45, 7) is 1.27. The van der Waals surface area contributed by atoms with E-state index in [1.165, 1.54) is 49.4 Å². The van der Waals surface area contributed by atoms with E-state index in [0.29, 0.717) is 0 Å². The minimum Gasteiger partial charge on any atom is -0.480 e. The van der Waals surface area contributed by atoms with Gasteiger partial charge in [-0.2, -0.15) is 0 Å². The molecule has 0 saturated carbocycles. The molecule has 0 bridgehead atoms. The first-order chi connectivity index (χ1) is 13.3. The molecule has 1 atom stereocenters. The zero-order valence-corrected chi connectivity index (χ0v) is 14.8. The van der Waals surface area contributed by atoms with Crippen molar-refractivity contribution in [1.82, 2.24) is 10.6 Å². The van der Waals surface area contributed by atoms with E-state index >= 15 is 0 Å². The highest BCUT2D eigenvalue weighted by Crippen LogP contribution is 2.15. The molecule has 0 radical (unpaired) electrons. The van der Waals surface area contributed by atoms with Crippen LogP contribution in [0.1, 0.15) is 22.8 Å². The zero-order chi connectivity index (χ0) is 20.7. The maximum Gasteiger partial charge on any atom is 0.325 e. The number of carboxylic acids is 1. The van der Waals surface area contributed by atoms with Crippen LogP contribution in [0.15, 0.2) is 60.3 Å². The molecule has 0 saturated heterocycles. The Bertz CT molecular complexity index is 940. The van der Waals surface area contributed by atoms with Crippen LogP contribution in [0.2, 0.25) is 0 Å². The van der Waals surface area contributed by atoms with Gasteiger partial charge in [-0.3, -0.25) is 24.5 Å². The Balaban J connectivity index is 2.36. The summed E-state index contributed by atoms with van der Waals surface area (Å²) in [5.74, 6) is -2.68. The van der Waals surface area contributed by atoms with Gasteiger partial charge in [0.05, 0.1) is 4.92 Å². The van der Waals surface area contributed by atoms with Crippen molar-refractivity contribution in [2.45, 2.75) is 13.0 Å². The van der Waals surface area contributed by atoms with E-state index in [0.717, 1.165) is 0 Å². The molecule has 0 aliphatic carbocycles. The number of hydrogen-bond acceptors (Lipinski definition) is 5. The zero-order valence-electron chi connectivity index (χ0n) is 14.8. The van der Waals surface area contributed by atoms with Gasteiger partial charge >= 0.3 is 5.97 Å². The summed E-state index contributed by atoms with van der Waals surface area (Å²) < 4.78 is 0. The molecular weight excluding hydrogens is 366 g/mol. The number of aliphatic carboxylic acids is 1. The predicted molar refractivity (Wildman–Crippen MR) is 100 cm³/mol. The van der Waals surface area contributed by atoms with Crippen molar-refractivity contribution in [1.29, 1.82) is 0 Å². The van der Waals surface area contributed by atoms with Crippen molar-refractivity contribution in [2.75, 3.05) is 0 Å². The normalized spacial score (nSPS) is 12.0. The molecule has 0 aliphatic heterocycles. The van der Waals surface area contributed by atoms with Crippen LogP contribution in [0.3, 0.4) is 0 Å². The third kappa shape index (κ3) is 5.49. The van der Waals surface area contributed by atoms with Gasteiger partial charge in [0.25, 0.3) is 17.5 Å². The second-order valence-electron chi connectivity index (χ2n) is 5.76. The summed E-state index contributed by atoms with van der Waals surface area (Å²) in [5, 5.41) is 24.6. The molecule has 9 nitrogen and oxygen atoms in total. The topological polar surface area (TPSA) is 139 Å². The average Bonchev–Trinajstić information content (AvgIpc) is 2.68. The molecule has 1 unspecified atom stereocenters. The Kier molecular flexibility index (Phi) is 6.58. The number of benzene rings is 2. The van der Waals surface area contributed by atoms with E-state index in [4.69, 9.17) is 5.11 Å². The molecule has 9 heteroatoms. The molecule has 144 valence electrons. The number of carbonyl (C=O) groups excluding carboxylic acids is 2. The summed E-state index contributed by atoms with van der Waals surface area (Å²) in [6.07, 6.45) is 1.23. The lowest BCUT2D eigenvalue weighted by Crippen LogP contribution is -2.42. The number of amides is 2. The molecule has 2 aromatic carbocycles. The molecule has 2 aromatic rings. The van der Waals surface area contributed by atoms with Crippen LogP contribution in [0.25, 0.3) is 6.08 Å². The second-order valence-corrected chi connectivity index (χ2v) is 5.76. The fraction of sp³-hybridized carbons (Fsp3) is 0.105. The van der Waals surface area contributed by atoms with E-state index in [-0.39, 0.29) is 22.5 Å². The minimum absolute atomic E-state index is 0.193. The number of nitro benzene ring substituents is 1. The van der Waals surface area contributed by atoms with Crippen molar-refractivity contribution < 1.29 is 24.4 Å². The summed E-state index contributed by atoms with van der Waals surface area (Å²) in [7, 11) is 0. The lowest BCUT2D eigenvalue weighted by molar-refractivity contribution is -0.384. The average molecular weight is 383 g/mol. The van der Waals surface area contributed by atoms with Crippen molar-refractivity contribution in [3.05, 3.63) is 81.5 Å². The lowest BCUT2D eigenvalue weighted by Gasteiger charge is -2.13. The van der Waals surface area contributed by atoms with Crippen LogP contribution in [-0.2, 0) is 9.59 Å². The van der Waals surface area contributed by atoms with E-state index in [9.17, 15) is 24.5 Å². The molecule has 2 amide bonds. The number of nitrogens with zero attached hydrogens (tertiary/aromatic N) is 1. The monoisotopic (exact) mass is 383 g/mol.